The van der Waals surface area contributed by atoms with E-state index in [1.54, 1.807) is 7.11 Å². The molecule has 0 aliphatic carbocycles. The van der Waals surface area contributed by atoms with Crippen molar-refractivity contribution < 1.29 is 9.47 Å². The number of hydrogen-bond donors (Lipinski definition) is 1. The van der Waals surface area contributed by atoms with Crippen LogP contribution in [-0.4, -0.2) is 32.5 Å². The molecule has 2 atom stereocenters. The smallest absolute Gasteiger partial charge is 0.0848 e. The summed E-state index contributed by atoms with van der Waals surface area (Å²) >= 11 is 0. The molecule has 0 aromatic heterocycles. The van der Waals surface area contributed by atoms with Gasteiger partial charge in [-0.1, -0.05) is 6.92 Å². The third-order valence-corrected chi connectivity index (χ3v) is 3.02. The van der Waals surface area contributed by atoms with Gasteiger partial charge in [-0.05, 0) is 12.8 Å². The third-order valence-electron chi connectivity index (χ3n) is 3.02. The van der Waals surface area contributed by atoms with Gasteiger partial charge in [-0.25, -0.2) is 0 Å². The van der Waals surface area contributed by atoms with Gasteiger partial charge >= 0.3 is 0 Å². The van der Waals surface area contributed by atoms with Gasteiger partial charge in [-0.2, -0.15) is 0 Å². The van der Waals surface area contributed by atoms with E-state index >= 15 is 0 Å². The highest BCUT2D eigenvalue weighted by Crippen LogP contribution is 2.30. The van der Waals surface area contributed by atoms with E-state index < -0.39 is 0 Å². The Morgan fingerprint density at radius 1 is 1.67 bits per heavy atom. The Labute approximate surface area is 74.2 Å². The van der Waals surface area contributed by atoms with Crippen molar-refractivity contribution in [1.82, 2.24) is 0 Å². The standard InChI is InChI=1S/C9H19NO2/c1-3-9(7-10,11-2)8-4-5-12-6-8/h8H,3-7,10H2,1-2H3. The van der Waals surface area contributed by atoms with E-state index in [1.807, 2.05) is 0 Å². The first-order valence-corrected chi connectivity index (χ1v) is 4.62. The summed E-state index contributed by atoms with van der Waals surface area (Å²) in [5.41, 5.74) is 5.59. The summed E-state index contributed by atoms with van der Waals surface area (Å²) in [6.45, 7) is 4.37. The van der Waals surface area contributed by atoms with Crippen molar-refractivity contribution in [2.24, 2.45) is 11.7 Å². The van der Waals surface area contributed by atoms with Gasteiger partial charge in [0.2, 0.25) is 0 Å². The molecular formula is C9H19NO2. The Kier molecular flexibility index (Phi) is 3.50. The molecule has 3 heteroatoms. The molecule has 1 aliphatic heterocycles. The second kappa shape index (κ2) is 4.21. The van der Waals surface area contributed by atoms with Gasteiger partial charge in [-0.3, -0.25) is 0 Å². The number of rotatable bonds is 4. The molecule has 1 saturated heterocycles. The molecule has 2 unspecified atom stereocenters. The monoisotopic (exact) mass is 173 g/mol. The maximum absolute atomic E-state index is 5.73. The largest absolute Gasteiger partial charge is 0.381 e. The zero-order chi connectivity index (χ0) is 9.03. The fourth-order valence-corrected chi connectivity index (χ4v) is 1.94. The second-order valence-corrected chi connectivity index (χ2v) is 3.39. The van der Waals surface area contributed by atoms with Crippen molar-refractivity contribution in [1.29, 1.82) is 0 Å². The molecule has 3 nitrogen and oxygen atoms in total. The maximum Gasteiger partial charge on any atom is 0.0848 e. The highest BCUT2D eigenvalue weighted by Gasteiger charge is 2.38. The van der Waals surface area contributed by atoms with Crippen molar-refractivity contribution in [2.75, 3.05) is 26.9 Å². The van der Waals surface area contributed by atoms with Crippen LogP contribution in [0.2, 0.25) is 0 Å². The topological polar surface area (TPSA) is 44.5 Å². The number of methoxy groups -OCH3 is 1. The summed E-state index contributed by atoms with van der Waals surface area (Å²) in [6.07, 6.45) is 2.05. The van der Waals surface area contributed by atoms with E-state index in [1.165, 1.54) is 0 Å². The fourth-order valence-electron chi connectivity index (χ4n) is 1.94. The van der Waals surface area contributed by atoms with Crippen LogP contribution in [0, 0.1) is 5.92 Å². The van der Waals surface area contributed by atoms with Crippen molar-refractivity contribution in [2.45, 2.75) is 25.4 Å². The van der Waals surface area contributed by atoms with E-state index in [4.69, 9.17) is 15.2 Å². The molecule has 1 rings (SSSR count). The average molecular weight is 173 g/mol. The summed E-state index contributed by atoms with van der Waals surface area (Å²) in [5, 5.41) is 0. The van der Waals surface area contributed by atoms with Crippen LogP contribution < -0.4 is 5.73 Å². The first kappa shape index (κ1) is 9.96. The van der Waals surface area contributed by atoms with Crippen LogP contribution in [0.1, 0.15) is 19.8 Å². The molecule has 0 aromatic rings. The summed E-state index contributed by atoms with van der Waals surface area (Å²) < 4.78 is 10.8. The first-order chi connectivity index (χ1) is 5.79. The molecule has 1 aliphatic rings. The van der Waals surface area contributed by atoms with Gasteiger partial charge in [0.1, 0.15) is 0 Å². The van der Waals surface area contributed by atoms with Gasteiger partial charge in [0, 0.05) is 26.2 Å². The van der Waals surface area contributed by atoms with Crippen LogP contribution in [0.4, 0.5) is 0 Å². The molecule has 72 valence electrons. The van der Waals surface area contributed by atoms with Crippen LogP contribution in [0.3, 0.4) is 0 Å². The molecule has 0 saturated carbocycles. The predicted molar refractivity (Wildman–Crippen MR) is 48.0 cm³/mol. The average Bonchev–Trinajstić information content (AvgIpc) is 2.62. The minimum absolute atomic E-state index is 0.142. The van der Waals surface area contributed by atoms with Gasteiger partial charge in [-0.15, -0.1) is 0 Å². The van der Waals surface area contributed by atoms with Crippen molar-refractivity contribution in [3.63, 3.8) is 0 Å². The number of hydrogen-bond acceptors (Lipinski definition) is 3. The Balaban J connectivity index is 2.61. The van der Waals surface area contributed by atoms with Crippen LogP contribution in [-0.2, 0) is 9.47 Å². The maximum atomic E-state index is 5.73. The molecule has 1 heterocycles. The van der Waals surface area contributed by atoms with Gasteiger partial charge in [0.05, 0.1) is 12.2 Å². The summed E-state index contributed by atoms with van der Waals surface area (Å²) in [5.74, 6) is 0.484. The van der Waals surface area contributed by atoms with Crippen molar-refractivity contribution >= 4 is 0 Å². The van der Waals surface area contributed by atoms with E-state index in [0.29, 0.717) is 12.5 Å². The quantitative estimate of drug-likeness (QED) is 0.683. The summed E-state index contributed by atoms with van der Waals surface area (Å²) in [6, 6.07) is 0. The lowest BCUT2D eigenvalue weighted by Gasteiger charge is -2.35. The molecule has 1 fully saturated rings. The van der Waals surface area contributed by atoms with Crippen LogP contribution in [0.5, 0.6) is 0 Å². The number of ether oxygens (including phenoxy) is 2. The molecule has 0 spiro atoms. The van der Waals surface area contributed by atoms with Gasteiger partial charge in [0.15, 0.2) is 0 Å². The molecule has 12 heavy (non-hydrogen) atoms. The van der Waals surface area contributed by atoms with Crippen molar-refractivity contribution in [3.8, 4) is 0 Å². The first-order valence-electron chi connectivity index (χ1n) is 4.62. The SMILES string of the molecule is CCC(CN)(OC)C1CCOC1. The van der Waals surface area contributed by atoms with Gasteiger partial charge in [0.25, 0.3) is 0 Å². The number of nitrogens with two attached hydrogens (primary N) is 1. The fraction of sp³-hybridized carbons (Fsp3) is 1.00. The Hall–Kier alpha value is -0.120. The lowest BCUT2D eigenvalue weighted by Crippen LogP contribution is -2.46. The predicted octanol–water partition coefficient (Wildman–Crippen LogP) is 0.777. The van der Waals surface area contributed by atoms with Crippen molar-refractivity contribution in [3.05, 3.63) is 0 Å². The van der Waals surface area contributed by atoms with E-state index in [9.17, 15) is 0 Å². The lowest BCUT2D eigenvalue weighted by atomic mass is 9.84. The highest BCUT2D eigenvalue weighted by molar-refractivity contribution is 4.89. The Bertz CT molecular complexity index is 120. The van der Waals surface area contributed by atoms with Crippen LogP contribution >= 0.6 is 0 Å². The molecule has 0 radical (unpaired) electrons. The zero-order valence-corrected chi connectivity index (χ0v) is 8.01. The minimum atomic E-state index is -0.142. The van der Waals surface area contributed by atoms with E-state index in [-0.39, 0.29) is 5.60 Å². The normalized spacial score (nSPS) is 28.8. The van der Waals surface area contributed by atoms with E-state index in [2.05, 4.69) is 6.92 Å². The molecule has 0 bridgehead atoms. The molecule has 2 N–H and O–H groups in total. The van der Waals surface area contributed by atoms with E-state index in [0.717, 1.165) is 26.1 Å². The third kappa shape index (κ3) is 1.63. The Morgan fingerprint density at radius 2 is 2.42 bits per heavy atom. The lowest BCUT2D eigenvalue weighted by molar-refractivity contribution is -0.0555. The minimum Gasteiger partial charge on any atom is -0.381 e. The second-order valence-electron chi connectivity index (χ2n) is 3.39. The Morgan fingerprint density at radius 3 is 2.75 bits per heavy atom. The highest BCUT2D eigenvalue weighted by atomic mass is 16.5. The van der Waals surface area contributed by atoms with Crippen LogP contribution in [0.15, 0.2) is 0 Å². The zero-order valence-electron chi connectivity index (χ0n) is 8.01. The summed E-state index contributed by atoms with van der Waals surface area (Å²) in [7, 11) is 1.74. The molecule has 0 aromatic carbocycles. The van der Waals surface area contributed by atoms with Crippen LogP contribution in [0.25, 0.3) is 0 Å². The molecule has 0 amide bonds. The van der Waals surface area contributed by atoms with Gasteiger partial charge < -0.3 is 15.2 Å². The summed E-state index contributed by atoms with van der Waals surface area (Å²) in [4.78, 5) is 0. The molecular weight excluding hydrogens is 154 g/mol.